The van der Waals surface area contributed by atoms with Crippen molar-refractivity contribution in [2.45, 2.75) is 367 Å². The van der Waals surface area contributed by atoms with Crippen molar-refractivity contribution in [1.29, 1.82) is 0 Å². The number of esters is 2. The summed E-state index contributed by atoms with van der Waals surface area (Å²) in [7, 11) is 1.18. The van der Waals surface area contributed by atoms with Crippen molar-refractivity contribution in [3.05, 3.63) is 36.5 Å². The summed E-state index contributed by atoms with van der Waals surface area (Å²) in [6, 6.07) is 0. The third kappa shape index (κ3) is 67.4. The summed E-state index contributed by atoms with van der Waals surface area (Å²) in [6.45, 7) is 4.30. The highest BCUT2D eigenvalue weighted by molar-refractivity contribution is 7.45. The fourth-order valence-corrected chi connectivity index (χ4v) is 11.4. The maximum atomic E-state index is 12.9. The van der Waals surface area contributed by atoms with Crippen LogP contribution in [0.4, 0.5) is 0 Å². The van der Waals surface area contributed by atoms with Crippen LogP contribution in [0.1, 0.15) is 361 Å². The van der Waals surface area contributed by atoms with Crippen LogP contribution < -0.4 is 4.89 Å². The van der Waals surface area contributed by atoms with Crippen LogP contribution in [0, 0.1) is 0 Å². The molecule has 0 aliphatic carbocycles. The Bertz CT molecular complexity index is 1480. The first kappa shape index (κ1) is 80.2. The molecule has 2 unspecified atom stereocenters. The molecule has 0 saturated heterocycles. The molecule has 0 heterocycles. The highest BCUT2D eigenvalue weighted by Gasteiger charge is 2.22. The van der Waals surface area contributed by atoms with Crippen molar-refractivity contribution in [3.63, 3.8) is 0 Å². The minimum atomic E-state index is -4.64. The molecule has 82 heavy (non-hydrogen) atoms. The zero-order chi connectivity index (χ0) is 59.8. The molecular formula is C72H138NO8P. The van der Waals surface area contributed by atoms with Gasteiger partial charge in [0.2, 0.25) is 0 Å². The van der Waals surface area contributed by atoms with E-state index in [1.807, 2.05) is 21.1 Å². The molecule has 0 aromatic rings. The Kier molecular flexibility index (Phi) is 62.3. The van der Waals surface area contributed by atoms with Crippen LogP contribution in [0.25, 0.3) is 0 Å². The molecule has 0 rings (SSSR count). The number of phosphoric acid groups is 1. The Morgan fingerprint density at radius 1 is 0.378 bits per heavy atom. The normalized spacial score (nSPS) is 13.3. The smallest absolute Gasteiger partial charge is 0.306 e. The molecule has 0 aromatic heterocycles. The van der Waals surface area contributed by atoms with E-state index in [9.17, 15) is 19.0 Å². The van der Waals surface area contributed by atoms with E-state index in [1.165, 1.54) is 276 Å². The summed E-state index contributed by atoms with van der Waals surface area (Å²) in [5.41, 5.74) is 0. The van der Waals surface area contributed by atoms with Gasteiger partial charge in [0, 0.05) is 12.8 Å². The standard InChI is InChI=1S/C72H138NO8P/c1-6-8-10-12-14-16-18-20-22-24-26-28-30-32-34-35-36-37-39-40-42-44-46-48-50-52-54-56-58-60-62-64-71(74)78-68-70(69-80-82(76,77)79-67-66-73(3,4)5)81-72(75)65-63-61-59-57-55-53-51-49-47-45-43-41-38-33-31-29-27-25-23-21-19-17-15-13-11-9-7-2/h19,21,25,27,31,33,70H,6-18,20,22-24,26,28-30,32,34-69H2,1-5H3/b21-19-,27-25-,33-31-. The van der Waals surface area contributed by atoms with Crippen LogP contribution in [0.15, 0.2) is 36.5 Å². The number of phosphoric ester groups is 1. The van der Waals surface area contributed by atoms with Crippen molar-refractivity contribution in [2.24, 2.45) is 0 Å². The van der Waals surface area contributed by atoms with E-state index >= 15 is 0 Å². The number of ether oxygens (including phenoxy) is 2. The molecule has 0 aliphatic rings. The van der Waals surface area contributed by atoms with Gasteiger partial charge in [0.15, 0.2) is 6.10 Å². The summed E-state index contributed by atoms with van der Waals surface area (Å²) >= 11 is 0. The van der Waals surface area contributed by atoms with E-state index in [1.54, 1.807) is 0 Å². The summed E-state index contributed by atoms with van der Waals surface area (Å²) < 4.78 is 34.3. The number of nitrogens with zero attached hydrogens (tertiary/aromatic N) is 1. The quantitative estimate of drug-likeness (QED) is 0.0195. The predicted molar refractivity (Wildman–Crippen MR) is 351 cm³/mol. The number of unbranched alkanes of at least 4 members (excludes halogenated alkanes) is 47. The average molecular weight is 1180 g/mol. The summed E-state index contributed by atoms with van der Waals surface area (Å²) in [5.74, 6) is -0.816. The molecular weight excluding hydrogens is 1040 g/mol. The van der Waals surface area contributed by atoms with Crippen molar-refractivity contribution in [2.75, 3.05) is 47.5 Å². The molecule has 2 atom stereocenters. The third-order valence-electron chi connectivity index (χ3n) is 16.2. The van der Waals surface area contributed by atoms with Crippen molar-refractivity contribution in [1.82, 2.24) is 0 Å². The Labute approximate surface area is 510 Å². The summed E-state index contributed by atoms with van der Waals surface area (Å²) in [5, 5.41) is 0. The van der Waals surface area contributed by atoms with Gasteiger partial charge in [-0.25, -0.2) is 0 Å². The molecule has 0 fully saturated rings. The number of carbonyl (C=O) groups is 2. The van der Waals surface area contributed by atoms with E-state index in [0.29, 0.717) is 17.4 Å². The Hall–Kier alpha value is -1.77. The molecule has 0 aliphatic heterocycles. The lowest BCUT2D eigenvalue weighted by molar-refractivity contribution is -0.870. The molecule has 0 aromatic carbocycles. The van der Waals surface area contributed by atoms with Gasteiger partial charge in [-0.15, -0.1) is 0 Å². The lowest BCUT2D eigenvalue weighted by Gasteiger charge is -2.28. The van der Waals surface area contributed by atoms with Gasteiger partial charge in [-0.05, 0) is 51.4 Å². The van der Waals surface area contributed by atoms with Crippen molar-refractivity contribution < 1.29 is 42.1 Å². The van der Waals surface area contributed by atoms with Crippen molar-refractivity contribution in [3.8, 4) is 0 Å². The fourth-order valence-electron chi connectivity index (χ4n) is 10.7. The number of hydrogen-bond acceptors (Lipinski definition) is 8. The van der Waals surface area contributed by atoms with E-state index in [0.717, 1.165) is 51.4 Å². The van der Waals surface area contributed by atoms with E-state index in [2.05, 4.69) is 50.3 Å². The molecule has 10 heteroatoms. The number of carbonyl (C=O) groups excluding carboxylic acids is 2. The molecule has 0 spiro atoms. The zero-order valence-electron chi connectivity index (χ0n) is 55.2. The molecule has 484 valence electrons. The lowest BCUT2D eigenvalue weighted by atomic mass is 10.0. The Morgan fingerprint density at radius 2 is 0.659 bits per heavy atom. The summed E-state index contributed by atoms with van der Waals surface area (Å²) in [6.07, 6.45) is 80.9. The second kappa shape index (κ2) is 63.7. The summed E-state index contributed by atoms with van der Waals surface area (Å²) in [4.78, 5) is 38.1. The van der Waals surface area contributed by atoms with Crippen LogP contribution in [-0.2, 0) is 32.7 Å². The predicted octanol–water partition coefficient (Wildman–Crippen LogP) is 22.4. The minimum Gasteiger partial charge on any atom is -0.756 e. The Morgan fingerprint density at radius 3 is 0.976 bits per heavy atom. The highest BCUT2D eigenvalue weighted by Crippen LogP contribution is 2.38. The molecule has 0 N–H and O–H groups in total. The number of hydrogen-bond donors (Lipinski definition) is 0. The van der Waals surface area contributed by atoms with Crippen LogP contribution in [0.3, 0.4) is 0 Å². The van der Waals surface area contributed by atoms with Crippen LogP contribution in [0.5, 0.6) is 0 Å². The zero-order valence-corrected chi connectivity index (χ0v) is 56.1. The largest absolute Gasteiger partial charge is 0.756 e. The maximum Gasteiger partial charge on any atom is 0.306 e. The maximum absolute atomic E-state index is 12.9. The van der Waals surface area contributed by atoms with Gasteiger partial charge in [0.05, 0.1) is 27.7 Å². The highest BCUT2D eigenvalue weighted by atomic mass is 31.2. The minimum absolute atomic E-state index is 0.0291. The molecule has 0 radical (unpaired) electrons. The van der Waals surface area contributed by atoms with Crippen molar-refractivity contribution >= 4 is 19.8 Å². The first-order chi connectivity index (χ1) is 40.0. The molecule has 0 saturated carbocycles. The van der Waals surface area contributed by atoms with Gasteiger partial charge in [0.1, 0.15) is 19.8 Å². The van der Waals surface area contributed by atoms with E-state index < -0.39 is 26.5 Å². The van der Waals surface area contributed by atoms with E-state index in [-0.39, 0.29) is 32.0 Å². The van der Waals surface area contributed by atoms with Gasteiger partial charge >= 0.3 is 11.9 Å². The van der Waals surface area contributed by atoms with Gasteiger partial charge in [-0.2, -0.15) is 0 Å². The molecule has 0 bridgehead atoms. The molecule has 9 nitrogen and oxygen atoms in total. The SMILES string of the molecule is CCCCCCC/C=C\C/C=C\C/C=C\CCCCCCCCCCCCCCC(=O)OC(COC(=O)CCCCCCCCCCCCCCCCCCCCCCCCCCCCCCCCC)COP(=O)([O-])OCC[N+](C)(C)C. The number of allylic oxidation sites excluding steroid dienone is 6. The van der Waals surface area contributed by atoms with Gasteiger partial charge in [0.25, 0.3) is 7.82 Å². The van der Waals surface area contributed by atoms with E-state index in [4.69, 9.17) is 18.5 Å². The van der Waals surface area contributed by atoms with Crippen LogP contribution >= 0.6 is 7.82 Å². The average Bonchev–Trinajstić information content (AvgIpc) is 3.46. The van der Waals surface area contributed by atoms with Crippen LogP contribution in [-0.4, -0.2) is 70.0 Å². The second-order valence-corrected chi connectivity index (χ2v) is 27.0. The molecule has 0 amide bonds. The number of rotatable bonds is 67. The first-order valence-electron chi connectivity index (χ1n) is 35.7. The number of likely N-dealkylation sites (N-methyl/N-ethyl adjacent to an activating group) is 1. The Balaban J connectivity index is 3.99. The van der Waals surface area contributed by atoms with Gasteiger partial charge < -0.3 is 27.9 Å². The monoisotopic (exact) mass is 1180 g/mol. The lowest BCUT2D eigenvalue weighted by Crippen LogP contribution is -2.37. The van der Waals surface area contributed by atoms with Crippen LogP contribution in [0.2, 0.25) is 0 Å². The van der Waals surface area contributed by atoms with Gasteiger partial charge in [-0.1, -0.05) is 333 Å². The third-order valence-corrected chi connectivity index (χ3v) is 17.1. The first-order valence-corrected chi connectivity index (χ1v) is 37.2. The fraction of sp³-hybridized carbons (Fsp3) is 0.889. The topological polar surface area (TPSA) is 111 Å². The van der Waals surface area contributed by atoms with Gasteiger partial charge in [-0.3, -0.25) is 14.2 Å². The second-order valence-electron chi connectivity index (χ2n) is 25.6. The number of quaternary nitrogens is 1.